The first kappa shape index (κ1) is 13.1. The molecule has 0 fully saturated rings. The number of aromatic nitrogens is 2. The fraction of sp³-hybridized carbons (Fsp3) is 0.133. The molecule has 0 spiro atoms. The molecule has 0 amide bonds. The van der Waals surface area contributed by atoms with Crippen molar-refractivity contribution in [2.24, 2.45) is 0 Å². The number of hydrogen-bond acceptors (Lipinski definition) is 4. The van der Waals surface area contributed by atoms with Crippen molar-refractivity contribution in [2.45, 2.75) is 6.54 Å². The Morgan fingerprint density at radius 3 is 2.76 bits per heavy atom. The summed E-state index contributed by atoms with van der Waals surface area (Å²) < 4.78 is 7.49. The fourth-order valence-corrected chi connectivity index (χ4v) is 2.17. The minimum absolute atomic E-state index is 0.0204. The van der Waals surface area contributed by atoms with E-state index in [1.807, 2.05) is 28.8 Å². The number of imidazole rings is 1. The first-order chi connectivity index (χ1) is 10.3. The summed E-state index contributed by atoms with van der Waals surface area (Å²) in [5.74, 6) is 0.284. The van der Waals surface area contributed by atoms with Gasteiger partial charge in [-0.1, -0.05) is 24.3 Å². The van der Waals surface area contributed by atoms with Crippen molar-refractivity contribution in [3.8, 4) is 5.75 Å². The molecule has 0 aliphatic heterocycles. The smallest absolute Gasteiger partial charge is 0.310 e. The van der Waals surface area contributed by atoms with E-state index >= 15 is 0 Å². The Labute approximate surface area is 120 Å². The van der Waals surface area contributed by atoms with Gasteiger partial charge in [-0.15, -0.1) is 0 Å². The Balaban J connectivity index is 1.71. The zero-order chi connectivity index (χ0) is 14.7. The zero-order valence-electron chi connectivity index (χ0n) is 11.2. The maximum Gasteiger partial charge on any atom is 0.310 e. The van der Waals surface area contributed by atoms with Gasteiger partial charge in [0.05, 0.1) is 28.8 Å². The Morgan fingerprint density at radius 1 is 1.14 bits per heavy atom. The highest BCUT2D eigenvalue weighted by molar-refractivity contribution is 5.74. The number of nitro groups is 1. The van der Waals surface area contributed by atoms with Crippen LogP contribution in [0.2, 0.25) is 0 Å². The molecule has 1 heterocycles. The predicted molar refractivity (Wildman–Crippen MR) is 78.3 cm³/mol. The molecule has 3 aromatic rings. The highest BCUT2D eigenvalue weighted by Gasteiger charge is 2.13. The summed E-state index contributed by atoms with van der Waals surface area (Å²) in [7, 11) is 0. The largest absolute Gasteiger partial charge is 0.485 e. The van der Waals surface area contributed by atoms with E-state index in [4.69, 9.17) is 4.74 Å². The van der Waals surface area contributed by atoms with E-state index < -0.39 is 4.92 Å². The van der Waals surface area contributed by atoms with Gasteiger partial charge >= 0.3 is 5.69 Å². The maximum atomic E-state index is 10.9. The van der Waals surface area contributed by atoms with E-state index in [1.54, 1.807) is 24.5 Å². The molecule has 2 aromatic carbocycles. The van der Waals surface area contributed by atoms with E-state index in [1.165, 1.54) is 6.07 Å². The second-order valence-electron chi connectivity index (χ2n) is 4.50. The van der Waals surface area contributed by atoms with Gasteiger partial charge in [-0.05, 0) is 18.2 Å². The molecule has 6 nitrogen and oxygen atoms in total. The Hall–Kier alpha value is -2.89. The third-order valence-corrected chi connectivity index (χ3v) is 3.18. The van der Waals surface area contributed by atoms with Crippen molar-refractivity contribution in [1.82, 2.24) is 9.55 Å². The second-order valence-corrected chi connectivity index (χ2v) is 4.50. The summed E-state index contributed by atoms with van der Waals surface area (Å²) >= 11 is 0. The van der Waals surface area contributed by atoms with E-state index in [2.05, 4.69) is 4.98 Å². The van der Waals surface area contributed by atoms with Crippen molar-refractivity contribution >= 4 is 16.7 Å². The average molecular weight is 283 g/mol. The lowest BCUT2D eigenvalue weighted by atomic mass is 10.3. The molecule has 0 aliphatic rings. The molecule has 0 saturated carbocycles. The standard InChI is InChI=1S/C15H13N3O3/c19-18(20)14-7-3-4-8-15(14)21-10-9-17-11-16-12-5-1-2-6-13(12)17/h1-8,11H,9-10H2. The van der Waals surface area contributed by atoms with Crippen LogP contribution >= 0.6 is 0 Å². The van der Waals surface area contributed by atoms with E-state index in [0.717, 1.165) is 11.0 Å². The Morgan fingerprint density at radius 2 is 1.90 bits per heavy atom. The first-order valence-corrected chi connectivity index (χ1v) is 6.52. The van der Waals surface area contributed by atoms with Gasteiger partial charge in [0.1, 0.15) is 6.61 Å². The van der Waals surface area contributed by atoms with Crippen molar-refractivity contribution in [3.05, 3.63) is 65.0 Å². The van der Waals surface area contributed by atoms with Crippen LogP contribution in [0.1, 0.15) is 0 Å². The van der Waals surface area contributed by atoms with Gasteiger partial charge < -0.3 is 9.30 Å². The highest BCUT2D eigenvalue weighted by atomic mass is 16.6. The number of nitro benzene ring substituents is 1. The molecule has 21 heavy (non-hydrogen) atoms. The van der Waals surface area contributed by atoms with Gasteiger partial charge in [0, 0.05) is 6.07 Å². The quantitative estimate of drug-likeness (QED) is 0.533. The predicted octanol–water partition coefficient (Wildman–Crippen LogP) is 3.02. The van der Waals surface area contributed by atoms with Crippen LogP contribution in [0.3, 0.4) is 0 Å². The molecule has 0 saturated heterocycles. The lowest BCUT2D eigenvalue weighted by Gasteiger charge is -2.07. The molecule has 0 bridgehead atoms. The Bertz CT molecular complexity index is 782. The number of hydrogen-bond donors (Lipinski definition) is 0. The van der Waals surface area contributed by atoms with Gasteiger partial charge in [-0.25, -0.2) is 4.98 Å². The summed E-state index contributed by atoms with van der Waals surface area (Å²) in [5, 5.41) is 10.9. The molecule has 0 radical (unpaired) electrons. The first-order valence-electron chi connectivity index (χ1n) is 6.52. The number of para-hydroxylation sites is 4. The molecular weight excluding hydrogens is 270 g/mol. The average Bonchev–Trinajstić information content (AvgIpc) is 2.91. The topological polar surface area (TPSA) is 70.2 Å². The van der Waals surface area contributed by atoms with Crippen LogP contribution in [0.15, 0.2) is 54.9 Å². The number of nitrogens with zero attached hydrogens (tertiary/aromatic N) is 3. The minimum Gasteiger partial charge on any atom is -0.485 e. The van der Waals surface area contributed by atoms with E-state index in [-0.39, 0.29) is 11.4 Å². The van der Waals surface area contributed by atoms with Gasteiger partial charge in [0.25, 0.3) is 0 Å². The summed E-state index contributed by atoms with van der Waals surface area (Å²) in [5.41, 5.74) is 1.92. The molecule has 0 aliphatic carbocycles. The maximum absolute atomic E-state index is 10.9. The van der Waals surface area contributed by atoms with Gasteiger partial charge in [0.2, 0.25) is 0 Å². The van der Waals surface area contributed by atoms with Crippen molar-refractivity contribution in [1.29, 1.82) is 0 Å². The van der Waals surface area contributed by atoms with E-state index in [9.17, 15) is 10.1 Å². The molecule has 106 valence electrons. The fourth-order valence-electron chi connectivity index (χ4n) is 2.17. The number of rotatable bonds is 5. The van der Waals surface area contributed by atoms with Crippen LogP contribution in [0.4, 0.5) is 5.69 Å². The summed E-state index contributed by atoms with van der Waals surface area (Å²) in [4.78, 5) is 14.7. The number of fused-ring (bicyclic) bond motifs is 1. The zero-order valence-corrected chi connectivity index (χ0v) is 11.2. The lowest BCUT2D eigenvalue weighted by Crippen LogP contribution is -2.08. The number of ether oxygens (including phenoxy) is 1. The molecule has 3 rings (SSSR count). The van der Waals surface area contributed by atoms with Crippen LogP contribution in [0, 0.1) is 10.1 Å². The van der Waals surface area contributed by atoms with Gasteiger partial charge in [-0.3, -0.25) is 10.1 Å². The second kappa shape index (κ2) is 5.62. The van der Waals surface area contributed by atoms with Crippen molar-refractivity contribution < 1.29 is 9.66 Å². The van der Waals surface area contributed by atoms with Gasteiger partial charge in [-0.2, -0.15) is 0 Å². The molecule has 6 heteroatoms. The lowest BCUT2D eigenvalue weighted by molar-refractivity contribution is -0.385. The molecule has 0 unspecified atom stereocenters. The third kappa shape index (κ3) is 2.69. The van der Waals surface area contributed by atoms with E-state index in [0.29, 0.717) is 13.2 Å². The molecule has 0 N–H and O–H groups in total. The number of benzene rings is 2. The highest BCUT2D eigenvalue weighted by Crippen LogP contribution is 2.25. The molecule has 0 atom stereocenters. The minimum atomic E-state index is -0.443. The summed E-state index contributed by atoms with van der Waals surface area (Å²) in [6.45, 7) is 0.914. The van der Waals surface area contributed by atoms with Crippen LogP contribution in [0.25, 0.3) is 11.0 Å². The van der Waals surface area contributed by atoms with Gasteiger partial charge in [0.15, 0.2) is 5.75 Å². The van der Waals surface area contributed by atoms with Crippen LogP contribution in [0.5, 0.6) is 5.75 Å². The molecular formula is C15H13N3O3. The van der Waals surface area contributed by atoms with Crippen molar-refractivity contribution in [3.63, 3.8) is 0 Å². The Kier molecular flexibility index (Phi) is 3.51. The summed E-state index contributed by atoms with van der Waals surface area (Å²) in [6.07, 6.45) is 1.74. The SMILES string of the molecule is O=[N+]([O-])c1ccccc1OCCn1cnc2ccccc21. The van der Waals surface area contributed by atoms with Crippen LogP contribution in [-0.4, -0.2) is 21.1 Å². The van der Waals surface area contributed by atoms with Crippen molar-refractivity contribution in [2.75, 3.05) is 6.61 Å². The summed E-state index contributed by atoms with van der Waals surface area (Å²) in [6, 6.07) is 14.2. The van der Waals surface area contributed by atoms with Crippen LogP contribution < -0.4 is 4.74 Å². The monoisotopic (exact) mass is 283 g/mol. The third-order valence-electron chi connectivity index (χ3n) is 3.18. The molecule has 1 aromatic heterocycles. The normalized spacial score (nSPS) is 10.7. The van der Waals surface area contributed by atoms with Crippen LogP contribution in [-0.2, 0) is 6.54 Å².